The SMILES string of the molecule is CC1(C)CCc2c(nc(N3CCOCC3)[nH]c2=O)C1. The van der Waals surface area contributed by atoms with Gasteiger partial charge in [-0.3, -0.25) is 9.78 Å². The third-order valence-corrected chi connectivity index (χ3v) is 4.10. The van der Waals surface area contributed by atoms with E-state index in [9.17, 15) is 4.79 Å². The van der Waals surface area contributed by atoms with Gasteiger partial charge < -0.3 is 9.64 Å². The van der Waals surface area contributed by atoms with Crippen molar-refractivity contribution in [2.24, 2.45) is 5.41 Å². The smallest absolute Gasteiger partial charge is 0.255 e. The topological polar surface area (TPSA) is 58.2 Å². The lowest BCUT2D eigenvalue weighted by Crippen LogP contribution is -2.39. The largest absolute Gasteiger partial charge is 0.378 e. The number of aromatic amines is 1. The van der Waals surface area contributed by atoms with Crippen LogP contribution in [0.5, 0.6) is 0 Å². The fraction of sp³-hybridized carbons (Fsp3) is 0.714. The Balaban J connectivity index is 1.96. The summed E-state index contributed by atoms with van der Waals surface area (Å²) in [5, 5.41) is 0. The van der Waals surface area contributed by atoms with E-state index in [0.29, 0.717) is 19.2 Å². The second-order valence-electron chi connectivity index (χ2n) is 6.26. The van der Waals surface area contributed by atoms with Crippen molar-refractivity contribution in [3.05, 3.63) is 21.6 Å². The first kappa shape index (κ1) is 12.7. The van der Waals surface area contributed by atoms with Crippen molar-refractivity contribution in [3.63, 3.8) is 0 Å². The molecule has 0 saturated carbocycles. The van der Waals surface area contributed by atoms with E-state index in [4.69, 9.17) is 9.72 Å². The average molecular weight is 263 g/mol. The highest BCUT2D eigenvalue weighted by Crippen LogP contribution is 2.32. The lowest BCUT2D eigenvalue weighted by molar-refractivity contribution is 0.122. The summed E-state index contributed by atoms with van der Waals surface area (Å²) in [7, 11) is 0. The van der Waals surface area contributed by atoms with Crippen molar-refractivity contribution in [1.82, 2.24) is 9.97 Å². The van der Waals surface area contributed by atoms with Gasteiger partial charge in [-0.15, -0.1) is 0 Å². The number of rotatable bonds is 1. The summed E-state index contributed by atoms with van der Waals surface area (Å²) in [6.45, 7) is 7.48. The van der Waals surface area contributed by atoms with Gasteiger partial charge in [0.05, 0.1) is 18.9 Å². The lowest BCUT2D eigenvalue weighted by Gasteiger charge is -2.32. The average Bonchev–Trinajstić information content (AvgIpc) is 2.38. The summed E-state index contributed by atoms with van der Waals surface area (Å²) < 4.78 is 5.34. The highest BCUT2D eigenvalue weighted by Gasteiger charge is 2.29. The number of ether oxygens (including phenoxy) is 1. The monoisotopic (exact) mass is 263 g/mol. The Kier molecular flexibility index (Phi) is 3.09. The number of aromatic nitrogens is 2. The Morgan fingerprint density at radius 1 is 1.32 bits per heavy atom. The van der Waals surface area contributed by atoms with Crippen LogP contribution in [0.1, 0.15) is 31.5 Å². The van der Waals surface area contributed by atoms with Crippen LogP contribution < -0.4 is 10.5 Å². The van der Waals surface area contributed by atoms with Gasteiger partial charge in [-0.2, -0.15) is 0 Å². The summed E-state index contributed by atoms with van der Waals surface area (Å²) in [6, 6.07) is 0. The number of fused-ring (bicyclic) bond motifs is 1. The van der Waals surface area contributed by atoms with Crippen molar-refractivity contribution >= 4 is 5.95 Å². The highest BCUT2D eigenvalue weighted by atomic mass is 16.5. The molecule has 2 heterocycles. The van der Waals surface area contributed by atoms with Crippen molar-refractivity contribution in [2.75, 3.05) is 31.2 Å². The zero-order valence-electron chi connectivity index (χ0n) is 11.7. The van der Waals surface area contributed by atoms with Gasteiger partial charge in [0.1, 0.15) is 0 Å². The van der Waals surface area contributed by atoms with Crippen molar-refractivity contribution in [2.45, 2.75) is 33.1 Å². The van der Waals surface area contributed by atoms with Gasteiger partial charge >= 0.3 is 0 Å². The molecule has 19 heavy (non-hydrogen) atoms. The molecular formula is C14H21N3O2. The molecule has 0 spiro atoms. The van der Waals surface area contributed by atoms with Crippen molar-refractivity contribution in [3.8, 4) is 0 Å². The van der Waals surface area contributed by atoms with Crippen molar-refractivity contribution < 1.29 is 4.74 Å². The minimum absolute atomic E-state index is 0.0435. The number of nitrogens with one attached hydrogen (secondary N) is 1. The molecule has 1 aliphatic carbocycles. The molecule has 0 amide bonds. The van der Waals surface area contributed by atoms with Crippen molar-refractivity contribution in [1.29, 1.82) is 0 Å². The van der Waals surface area contributed by atoms with E-state index in [1.165, 1.54) is 0 Å². The fourth-order valence-electron chi connectivity index (χ4n) is 2.87. The molecule has 0 unspecified atom stereocenters. The van der Waals surface area contributed by atoms with E-state index in [0.717, 1.165) is 43.6 Å². The van der Waals surface area contributed by atoms with Gasteiger partial charge in [0.15, 0.2) is 0 Å². The summed E-state index contributed by atoms with van der Waals surface area (Å²) >= 11 is 0. The third kappa shape index (κ3) is 2.52. The normalized spacial score (nSPS) is 22.1. The lowest BCUT2D eigenvalue weighted by atomic mass is 9.77. The number of anilines is 1. The van der Waals surface area contributed by atoms with E-state index in [1.807, 2.05) is 0 Å². The van der Waals surface area contributed by atoms with Gasteiger partial charge in [-0.05, 0) is 24.7 Å². The standard InChI is InChI=1S/C14H21N3O2/c1-14(2)4-3-10-11(9-14)15-13(16-12(10)18)17-5-7-19-8-6-17/h3-9H2,1-2H3,(H,15,16,18). The fourth-order valence-corrected chi connectivity index (χ4v) is 2.87. The molecule has 1 saturated heterocycles. The first-order valence-electron chi connectivity index (χ1n) is 7.00. The maximum Gasteiger partial charge on any atom is 0.255 e. The zero-order chi connectivity index (χ0) is 13.5. The number of nitrogens with zero attached hydrogens (tertiary/aromatic N) is 2. The maximum absolute atomic E-state index is 12.2. The molecule has 1 aromatic heterocycles. The van der Waals surface area contributed by atoms with Crippen LogP contribution in [-0.4, -0.2) is 36.3 Å². The first-order chi connectivity index (χ1) is 9.05. The summed E-state index contributed by atoms with van der Waals surface area (Å²) in [5.41, 5.74) is 2.16. The second kappa shape index (κ2) is 4.63. The van der Waals surface area contributed by atoms with Crippen LogP contribution in [0.4, 0.5) is 5.95 Å². The van der Waals surface area contributed by atoms with E-state index in [-0.39, 0.29) is 11.0 Å². The summed E-state index contributed by atoms with van der Waals surface area (Å²) in [4.78, 5) is 21.9. The van der Waals surface area contributed by atoms with Crippen LogP contribution in [0.25, 0.3) is 0 Å². The Morgan fingerprint density at radius 3 is 2.79 bits per heavy atom. The molecule has 2 aliphatic rings. The van der Waals surface area contributed by atoms with Crippen LogP contribution in [0.3, 0.4) is 0 Å². The molecule has 5 nitrogen and oxygen atoms in total. The Bertz CT molecular complexity index is 530. The van der Waals surface area contributed by atoms with E-state index < -0.39 is 0 Å². The second-order valence-corrected chi connectivity index (χ2v) is 6.26. The molecule has 0 bridgehead atoms. The van der Waals surface area contributed by atoms with Gasteiger partial charge in [0.25, 0.3) is 5.56 Å². The molecule has 104 valence electrons. The Hall–Kier alpha value is -1.36. The molecule has 1 aliphatic heterocycles. The molecular weight excluding hydrogens is 242 g/mol. The Morgan fingerprint density at radius 2 is 2.05 bits per heavy atom. The van der Waals surface area contributed by atoms with E-state index >= 15 is 0 Å². The number of hydrogen-bond donors (Lipinski definition) is 1. The zero-order valence-corrected chi connectivity index (χ0v) is 11.7. The van der Waals surface area contributed by atoms with Crippen LogP contribution in [0.15, 0.2) is 4.79 Å². The quantitative estimate of drug-likeness (QED) is 0.825. The first-order valence-corrected chi connectivity index (χ1v) is 7.00. The van der Waals surface area contributed by atoms with Gasteiger partial charge in [-0.1, -0.05) is 13.8 Å². The van der Waals surface area contributed by atoms with E-state index in [2.05, 4.69) is 23.7 Å². The molecule has 1 aromatic rings. The maximum atomic E-state index is 12.2. The summed E-state index contributed by atoms with van der Waals surface area (Å²) in [5.74, 6) is 0.713. The van der Waals surface area contributed by atoms with Crippen LogP contribution in [0.2, 0.25) is 0 Å². The molecule has 0 aromatic carbocycles. The number of hydrogen-bond acceptors (Lipinski definition) is 4. The van der Waals surface area contributed by atoms with Crippen LogP contribution >= 0.6 is 0 Å². The van der Waals surface area contributed by atoms with Gasteiger partial charge in [0, 0.05) is 18.7 Å². The number of H-pyrrole nitrogens is 1. The molecule has 5 heteroatoms. The predicted molar refractivity (Wildman–Crippen MR) is 73.7 cm³/mol. The minimum Gasteiger partial charge on any atom is -0.378 e. The number of morpholine rings is 1. The van der Waals surface area contributed by atoms with E-state index in [1.54, 1.807) is 0 Å². The van der Waals surface area contributed by atoms with Gasteiger partial charge in [0.2, 0.25) is 5.95 Å². The Labute approximate surface area is 113 Å². The molecule has 1 fully saturated rings. The molecule has 0 atom stereocenters. The van der Waals surface area contributed by atoms with Crippen LogP contribution in [-0.2, 0) is 17.6 Å². The molecule has 0 radical (unpaired) electrons. The summed E-state index contributed by atoms with van der Waals surface area (Å²) in [6.07, 6.45) is 2.79. The highest BCUT2D eigenvalue weighted by molar-refractivity contribution is 5.35. The molecule has 1 N–H and O–H groups in total. The predicted octanol–water partition coefficient (Wildman–Crippen LogP) is 1.12. The minimum atomic E-state index is 0.0435. The molecule has 3 rings (SSSR count). The van der Waals surface area contributed by atoms with Gasteiger partial charge in [-0.25, -0.2) is 4.98 Å². The third-order valence-electron chi connectivity index (χ3n) is 4.10. The van der Waals surface area contributed by atoms with Crippen LogP contribution in [0, 0.1) is 5.41 Å².